The van der Waals surface area contributed by atoms with Crippen LogP contribution < -0.4 is 4.72 Å². The van der Waals surface area contributed by atoms with E-state index in [-0.39, 0.29) is 12.4 Å². The first-order chi connectivity index (χ1) is 5.68. The van der Waals surface area contributed by atoms with Crippen LogP contribution in [0.25, 0.3) is 0 Å². The summed E-state index contributed by atoms with van der Waals surface area (Å²) < 4.78 is 33.2. The SMILES string of the molecule is O=S(O)NCc1ccc(F)cc1. The first-order valence-corrected chi connectivity index (χ1v) is 4.38. The van der Waals surface area contributed by atoms with Gasteiger partial charge in [0.1, 0.15) is 5.82 Å². The normalized spacial score (nSPS) is 12.8. The maximum Gasteiger partial charge on any atom is 0.232 e. The van der Waals surface area contributed by atoms with E-state index in [9.17, 15) is 8.60 Å². The standard InChI is InChI=1S/C7H8FNO2S/c8-7-3-1-6(2-4-7)5-9-12(10)11/h1-4,9H,5H2,(H,10,11). The molecule has 1 unspecified atom stereocenters. The second kappa shape index (κ2) is 4.30. The molecule has 12 heavy (non-hydrogen) atoms. The zero-order valence-corrected chi connectivity index (χ0v) is 6.97. The smallest absolute Gasteiger partial charge is 0.232 e. The number of nitrogens with one attached hydrogen (secondary N) is 1. The molecular formula is C7H8FNO2S. The van der Waals surface area contributed by atoms with E-state index in [1.165, 1.54) is 12.1 Å². The second-order valence-corrected chi connectivity index (χ2v) is 2.98. The minimum absolute atomic E-state index is 0.253. The molecule has 1 aromatic carbocycles. The third-order valence-corrected chi connectivity index (χ3v) is 1.70. The molecule has 0 aliphatic heterocycles. The van der Waals surface area contributed by atoms with Gasteiger partial charge in [-0.15, -0.1) is 0 Å². The first kappa shape index (κ1) is 9.31. The third-order valence-electron chi connectivity index (χ3n) is 1.31. The van der Waals surface area contributed by atoms with E-state index in [4.69, 9.17) is 4.55 Å². The van der Waals surface area contributed by atoms with E-state index in [1.54, 1.807) is 12.1 Å². The van der Waals surface area contributed by atoms with E-state index < -0.39 is 11.3 Å². The lowest BCUT2D eigenvalue weighted by Gasteiger charge is -1.99. The highest BCUT2D eigenvalue weighted by Gasteiger charge is 1.95. The van der Waals surface area contributed by atoms with Crippen molar-refractivity contribution in [1.82, 2.24) is 4.72 Å². The van der Waals surface area contributed by atoms with Crippen LogP contribution in [0.3, 0.4) is 0 Å². The maximum atomic E-state index is 12.4. The quantitative estimate of drug-likeness (QED) is 0.698. The summed E-state index contributed by atoms with van der Waals surface area (Å²) in [7, 11) is 0. The van der Waals surface area contributed by atoms with Gasteiger partial charge >= 0.3 is 0 Å². The lowest BCUT2D eigenvalue weighted by molar-refractivity contribution is 0.548. The van der Waals surface area contributed by atoms with Crippen molar-refractivity contribution in [3.05, 3.63) is 35.6 Å². The average molecular weight is 189 g/mol. The molecule has 0 radical (unpaired) electrons. The fourth-order valence-corrected chi connectivity index (χ4v) is 1.04. The number of rotatable bonds is 3. The highest BCUT2D eigenvalue weighted by Crippen LogP contribution is 2.01. The fourth-order valence-electron chi connectivity index (χ4n) is 0.747. The molecule has 0 aliphatic rings. The third kappa shape index (κ3) is 3.08. The van der Waals surface area contributed by atoms with Crippen molar-refractivity contribution in [1.29, 1.82) is 0 Å². The van der Waals surface area contributed by atoms with Gasteiger partial charge in [0.15, 0.2) is 0 Å². The molecule has 0 saturated carbocycles. The molecule has 2 N–H and O–H groups in total. The summed E-state index contributed by atoms with van der Waals surface area (Å²) in [4.78, 5) is 0. The summed E-state index contributed by atoms with van der Waals surface area (Å²) in [6.45, 7) is 0.253. The summed E-state index contributed by atoms with van der Waals surface area (Å²) in [5, 5.41) is 0. The van der Waals surface area contributed by atoms with Gasteiger partial charge in [-0.3, -0.25) is 4.55 Å². The number of hydrogen-bond acceptors (Lipinski definition) is 1. The van der Waals surface area contributed by atoms with Gasteiger partial charge in [0, 0.05) is 6.54 Å². The number of halogens is 1. The topological polar surface area (TPSA) is 49.3 Å². The molecule has 0 spiro atoms. The summed E-state index contributed by atoms with van der Waals surface area (Å²) in [5.41, 5.74) is 0.763. The van der Waals surface area contributed by atoms with Gasteiger partial charge < -0.3 is 0 Å². The summed E-state index contributed by atoms with van der Waals surface area (Å²) in [6.07, 6.45) is 0. The van der Waals surface area contributed by atoms with E-state index in [2.05, 4.69) is 4.72 Å². The van der Waals surface area contributed by atoms with E-state index in [0.717, 1.165) is 5.56 Å². The first-order valence-electron chi connectivity index (χ1n) is 3.27. The minimum atomic E-state index is -2.02. The van der Waals surface area contributed by atoms with Crippen LogP contribution in [0.2, 0.25) is 0 Å². The molecule has 0 aliphatic carbocycles. The lowest BCUT2D eigenvalue weighted by Crippen LogP contribution is -2.15. The molecule has 0 amide bonds. The number of benzene rings is 1. The molecule has 0 saturated heterocycles. The van der Waals surface area contributed by atoms with Crippen LogP contribution in [-0.4, -0.2) is 8.76 Å². The molecule has 66 valence electrons. The lowest BCUT2D eigenvalue weighted by atomic mass is 10.2. The van der Waals surface area contributed by atoms with Crippen molar-refractivity contribution in [3.8, 4) is 0 Å². The predicted octanol–water partition coefficient (Wildman–Crippen LogP) is 1.05. The van der Waals surface area contributed by atoms with Crippen molar-refractivity contribution in [2.45, 2.75) is 6.54 Å². The van der Waals surface area contributed by atoms with Crippen molar-refractivity contribution in [2.75, 3.05) is 0 Å². The van der Waals surface area contributed by atoms with Gasteiger partial charge in [0.05, 0.1) is 0 Å². The van der Waals surface area contributed by atoms with Gasteiger partial charge in [-0.1, -0.05) is 12.1 Å². The van der Waals surface area contributed by atoms with Crippen molar-refractivity contribution < 1.29 is 13.2 Å². The molecule has 3 nitrogen and oxygen atoms in total. The Bertz CT molecular complexity index is 275. The second-order valence-electron chi connectivity index (χ2n) is 2.20. The predicted molar refractivity (Wildman–Crippen MR) is 44.0 cm³/mol. The summed E-state index contributed by atoms with van der Waals surface area (Å²) >= 11 is -2.02. The van der Waals surface area contributed by atoms with Crippen LogP contribution in [0.15, 0.2) is 24.3 Å². The summed E-state index contributed by atoms with van der Waals surface area (Å²) in [6, 6.07) is 5.71. The van der Waals surface area contributed by atoms with Crippen LogP contribution in [0, 0.1) is 5.82 Å². The Morgan fingerprint density at radius 3 is 2.50 bits per heavy atom. The molecular weight excluding hydrogens is 181 g/mol. The minimum Gasteiger partial charge on any atom is -0.294 e. The molecule has 1 aromatic rings. The Morgan fingerprint density at radius 2 is 2.00 bits per heavy atom. The zero-order valence-electron chi connectivity index (χ0n) is 6.16. The fraction of sp³-hybridized carbons (Fsp3) is 0.143. The van der Waals surface area contributed by atoms with Gasteiger partial charge in [0.2, 0.25) is 11.3 Å². The van der Waals surface area contributed by atoms with Crippen molar-refractivity contribution in [2.24, 2.45) is 0 Å². The Balaban J connectivity index is 2.53. The van der Waals surface area contributed by atoms with Crippen LogP contribution in [0.4, 0.5) is 4.39 Å². The van der Waals surface area contributed by atoms with Gasteiger partial charge in [0.25, 0.3) is 0 Å². The molecule has 0 fully saturated rings. The van der Waals surface area contributed by atoms with Crippen LogP contribution in [-0.2, 0) is 17.8 Å². The van der Waals surface area contributed by atoms with Crippen LogP contribution in [0.5, 0.6) is 0 Å². The van der Waals surface area contributed by atoms with E-state index in [0.29, 0.717) is 0 Å². The van der Waals surface area contributed by atoms with Gasteiger partial charge in [-0.25, -0.2) is 13.3 Å². The molecule has 5 heteroatoms. The Hall–Kier alpha value is -0.780. The van der Waals surface area contributed by atoms with Crippen LogP contribution in [0.1, 0.15) is 5.56 Å². The molecule has 0 aromatic heterocycles. The van der Waals surface area contributed by atoms with Crippen molar-refractivity contribution >= 4 is 11.3 Å². The highest BCUT2D eigenvalue weighted by molar-refractivity contribution is 7.77. The van der Waals surface area contributed by atoms with E-state index in [1.807, 2.05) is 0 Å². The Kier molecular flexibility index (Phi) is 3.33. The largest absolute Gasteiger partial charge is 0.294 e. The number of hydrogen-bond donors (Lipinski definition) is 2. The Morgan fingerprint density at radius 1 is 1.42 bits per heavy atom. The monoisotopic (exact) mass is 189 g/mol. The molecule has 0 heterocycles. The highest BCUT2D eigenvalue weighted by atomic mass is 32.2. The summed E-state index contributed by atoms with van der Waals surface area (Å²) in [5.74, 6) is -0.316. The Labute approximate surface area is 72.0 Å². The van der Waals surface area contributed by atoms with Gasteiger partial charge in [-0.2, -0.15) is 0 Å². The van der Waals surface area contributed by atoms with Gasteiger partial charge in [-0.05, 0) is 17.7 Å². The average Bonchev–Trinajstić information content (AvgIpc) is 2.03. The zero-order chi connectivity index (χ0) is 8.97. The van der Waals surface area contributed by atoms with Crippen LogP contribution >= 0.6 is 0 Å². The van der Waals surface area contributed by atoms with E-state index >= 15 is 0 Å². The molecule has 0 bridgehead atoms. The molecule has 1 rings (SSSR count). The maximum absolute atomic E-state index is 12.4. The van der Waals surface area contributed by atoms with Crippen molar-refractivity contribution in [3.63, 3.8) is 0 Å². The molecule has 1 atom stereocenters.